The van der Waals surface area contributed by atoms with Crippen LogP contribution in [0.4, 0.5) is 0 Å². The highest BCUT2D eigenvalue weighted by molar-refractivity contribution is 5.88. The van der Waals surface area contributed by atoms with Gasteiger partial charge in [-0.1, -0.05) is 0 Å². The molecule has 6 heteroatoms. The van der Waals surface area contributed by atoms with Gasteiger partial charge in [0.05, 0.1) is 30.3 Å². The lowest BCUT2D eigenvalue weighted by Crippen LogP contribution is -2.29. The summed E-state index contributed by atoms with van der Waals surface area (Å²) in [7, 11) is 0. The number of hydrogen-bond donors (Lipinski definition) is 1. The van der Waals surface area contributed by atoms with Crippen LogP contribution >= 0.6 is 0 Å². The van der Waals surface area contributed by atoms with Crippen LogP contribution in [0.2, 0.25) is 0 Å². The van der Waals surface area contributed by atoms with E-state index >= 15 is 0 Å². The van der Waals surface area contributed by atoms with E-state index < -0.39 is 17.4 Å². The monoisotopic (exact) mass is 240 g/mol. The molecule has 1 aromatic heterocycles. The first-order chi connectivity index (χ1) is 7.86. The van der Waals surface area contributed by atoms with Crippen LogP contribution in [-0.4, -0.2) is 33.4 Å². The van der Waals surface area contributed by atoms with Crippen LogP contribution < -0.4 is 0 Å². The molecule has 17 heavy (non-hydrogen) atoms. The van der Waals surface area contributed by atoms with Gasteiger partial charge in [0.25, 0.3) is 0 Å². The van der Waals surface area contributed by atoms with Gasteiger partial charge in [-0.05, 0) is 20.8 Å². The van der Waals surface area contributed by atoms with E-state index in [1.165, 1.54) is 17.1 Å². The normalized spacial score (nSPS) is 11.2. The van der Waals surface area contributed by atoms with Gasteiger partial charge in [0, 0.05) is 6.20 Å². The van der Waals surface area contributed by atoms with Crippen LogP contribution in [0.25, 0.3) is 0 Å². The van der Waals surface area contributed by atoms with Crippen molar-refractivity contribution in [1.29, 1.82) is 0 Å². The van der Waals surface area contributed by atoms with Gasteiger partial charge >= 0.3 is 11.9 Å². The molecule has 0 unspecified atom stereocenters. The largest absolute Gasteiger partial charge is 0.481 e. The second-order valence-electron chi connectivity index (χ2n) is 4.34. The maximum absolute atomic E-state index is 11.4. The van der Waals surface area contributed by atoms with Crippen molar-refractivity contribution in [1.82, 2.24) is 9.78 Å². The van der Waals surface area contributed by atoms with E-state index in [4.69, 9.17) is 9.84 Å². The van der Waals surface area contributed by atoms with Crippen LogP contribution in [-0.2, 0) is 16.1 Å². The molecule has 1 N–H and O–H groups in total. The van der Waals surface area contributed by atoms with Crippen molar-refractivity contribution >= 4 is 11.9 Å². The van der Waals surface area contributed by atoms with Crippen LogP contribution in [0.3, 0.4) is 0 Å². The average Bonchev–Trinajstić information content (AvgIpc) is 2.65. The highest BCUT2D eigenvalue weighted by Crippen LogP contribution is 2.18. The van der Waals surface area contributed by atoms with Gasteiger partial charge in [0.15, 0.2) is 0 Å². The molecule has 1 heterocycles. The van der Waals surface area contributed by atoms with E-state index in [1.807, 2.05) is 0 Å². The van der Waals surface area contributed by atoms with Gasteiger partial charge in [-0.15, -0.1) is 0 Å². The van der Waals surface area contributed by atoms with E-state index in [1.54, 1.807) is 20.8 Å². The molecular formula is C11H16N2O4. The fraction of sp³-hybridized carbons (Fsp3) is 0.545. The zero-order chi connectivity index (χ0) is 13.1. The second kappa shape index (κ2) is 4.99. The lowest BCUT2D eigenvalue weighted by Gasteiger charge is -2.18. The quantitative estimate of drug-likeness (QED) is 0.781. The summed E-state index contributed by atoms with van der Waals surface area (Å²) < 4.78 is 6.24. The average molecular weight is 240 g/mol. The molecule has 0 saturated heterocycles. The number of carboxylic acid groups (broad SMARTS) is 1. The molecular weight excluding hydrogens is 224 g/mol. The number of carboxylic acids is 1. The SMILES string of the molecule is CCOC(=O)c1cnn(CC(C)(C)C(=O)O)c1. The van der Waals surface area contributed by atoms with Crippen molar-refractivity contribution in [3.05, 3.63) is 18.0 Å². The molecule has 1 aromatic rings. The molecule has 0 aliphatic carbocycles. The molecule has 0 aliphatic heterocycles. The fourth-order valence-corrected chi connectivity index (χ4v) is 1.24. The lowest BCUT2D eigenvalue weighted by atomic mass is 9.94. The van der Waals surface area contributed by atoms with Gasteiger partial charge in [-0.3, -0.25) is 9.48 Å². The Balaban J connectivity index is 2.75. The van der Waals surface area contributed by atoms with Crippen molar-refractivity contribution < 1.29 is 19.4 Å². The van der Waals surface area contributed by atoms with E-state index in [2.05, 4.69) is 5.10 Å². The second-order valence-corrected chi connectivity index (χ2v) is 4.34. The molecule has 0 aromatic carbocycles. The van der Waals surface area contributed by atoms with Crippen LogP contribution in [0.1, 0.15) is 31.1 Å². The molecule has 0 aliphatic rings. The molecule has 0 atom stereocenters. The summed E-state index contributed by atoms with van der Waals surface area (Å²) in [6.07, 6.45) is 2.86. The van der Waals surface area contributed by atoms with Gasteiger partial charge in [-0.25, -0.2) is 4.79 Å². The third kappa shape index (κ3) is 3.30. The molecule has 94 valence electrons. The molecule has 0 radical (unpaired) electrons. The standard InChI is InChI=1S/C11H16N2O4/c1-4-17-9(14)8-5-12-13(6-8)7-11(2,3)10(15)16/h5-6H,4,7H2,1-3H3,(H,15,16). The number of rotatable bonds is 5. The predicted molar refractivity (Wildman–Crippen MR) is 59.6 cm³/mol. The number of carbonyl (C=O) groups excluding carboxylic acids is 1. The first kappa shape index (κ1) is 13.2. The number of hydrogen-bond acceptors (Lipinski definition) is 4. The minimum Gasteiger partial charge on any atom is -0.481 e. The van der Waals surface area contributed by atoms with Crippen molar-refractivity contribution in [2.45, 2.75) is 27.3 Å². The number of carbonyl (C=O) groups is 2. The van der Waals surface area contributed by atoms with Crippen molar-refractivity contribution in [3.63, 3.8) is 0 Å². The van der Waals surface area contributed by atoms with Gasteiger partial charge in [0.1, 0.15) is 0 Å². The molecule has 1 rings (SSSR count). The number of esters is 1. The molecule has 0 saturated carbocycles. The minimum atomic E-state index is -0.933. The molecule has 6 nitrogen and oxygen atoms in total. The Hall–Kier alpha value is -1.85. The van der Waals surface area contributed by atoms with Crippen LogP contribution in [0.15, 0.2) is 12.4 Å². The zero-order valence-electron chi connectivity index (χ0n) is 10.1. The lowest BCUT2D eigenvalue weighted by molar-refractivity contribution is -0.147. The Morgan fingerprint density at radius 2 is 2.18 bits per heavy atom. The van der Waals surface area contributed by atoms with E-state index in [0.29, 0.717) is 12.2 Å². The van der Waals surface area contributed by atoms with E-state index in [9.17, 15) is 9.59 Å². The molecule has 0 spiro atoms. The van der Waals surface area contributed by atoms with Crippen molar-refractivity contribution in [2.75, 3.05) is 6.61 Å². The highest BCUT2D eigenvalue weighted by Gasteiger charge is 2.28. The highest BCUT2D eigenvalue weighted by atomic mass is 16.5. The summed E-state index contributed by atoms with van der Waals surface area (Å²) in [6, 6.07) is 0. The number of ether oxygens (including phenoxy) is 1. The fourth-order valence-electron chi connectivity index (χ4n) is 1.24. The van der Waals surface area contributed by atoms with E-state index in [0.717, 1.165) is 0 Å². The van der Waals surface area contributed by atoms with Crippen LogP contribution in [0, 0.1) is 5.41 Å². The first-order valence-electron chi connectivity index (χ1n) is 5.30. The van der Waals surface area contributed by atoms with Crippen molar-refractivity contribution in [3.8, 4) is 0 Å². The zero-order valence-corrected chi connectivity index (χ0v) is 10.1. The summed E-state index contributed by atoms with van der Waals surface area (Å²) in [6.45, 7) is 5.41. The summed E-state index contributed by atoms with van der Waals surface area (Å²) in [5, 5.41) is 12.9. The Morgan fingerprint density at radius 3 is 2.71 bits per heavy atom. The molecule has 0 amide bonds. The Kier molecular flexibility index (Phi) is 3.88. The van der Waals surface area contributed by atoms with Crippen molar-refractivity contribution in [2.24, 2.45) is 5.41 Å². The smallest absolute Gasteiger partial charge is 0.341 e. The Labute approximate surface area is 99.2 Å². The number of aromatic nitrogens is 2. The molecule has 0 bridgehead atoms. The minimum absolute atomic E-state index is 0.196. The Bertz CT molecular complexity index is 423. The van der Waals surface area contributed by atoms with Crippen LogP contribution in [0.5, 0.6) is 0 Å². The summed E-state index contributed by atoms with van der Waals surface area (Å²) in [5.41, 5.74) is -0.606. The van der Waals surface area contributed by atoms with Gasteiger partial charge in [-0.2, -0.15) is 5.10 Å². The number of nitrogens with zero attached hydrogens (tertiary/aromatic N) is 2. The van der Waals surface area contributed by atoms with Gasteiger partial charge in [0.2, 0.25) is 0 Å². The summed E-state index contributed by atoms with van der Waals surface area (Å²) in [4.78, 5) is 22.3. The summed E-state index contributed by atoms with van der Waals surface area (Å²) in [5.74, 6) is -1.36. The Morgan fingerprint density at radius 1 is 1.53 bits per heavy atom. The first-order valence-corrected chi connectivity index (χ1v) is 5.30. The maximum atomic E-state index is 11.4. The topological polar surface area (TPSA) is 81.4 Å². The van der Waals surface area contributed by atoms with E-state index in [-0.39, 0.29) is 6.54 Å². The molecule has 0 fully saturated rings. The predicted octanol–water partition coefficient (Wildman–Crippen LogP) is 1.17. The third-order valence-electron chi connectivity index (χ3n) is 2.28. The third-order valence-corrected chi connectivity index (χ3v) is 2.28. The maximum Gasteiger partial charge on any atom is 0.341 e. The number of aliphatic carboxylic acids is 1. The summed E-state index contributed by atoms with van der Waals surface area (Å²) >= 11 is 0. The van der Waals surface area contributed by atoms with Gasteiger partial charge < -0.3 is 9.84 Å².